The van der Waals surface area contributed by atoms with Gasteiger partial charge in [0.15, 0.2) is 0 Å². The summed E-state index contributed by atoms with van der Waals surface area (Å²) < 4.78 is 2.35. The summed E-state index contributed by atoms with van der Waals surface area (Å²) in [6.45, 7) is 0. The molecule has 5 aromatic carbocycles. The van der Waals surface area contributed by atoms with Crippen molar-refractivity contribution in [2.75, 3.05) is 5.32 Å². The number of fused-ring (bicyclic) bond motifs is 3. The second-order valence-electron chi connectivity index (χ2n) is 7.92. The molecule has 0 aliphatic carbocycles. The molecule has 6 aromatic rings. The van der Waals surface area contributed by atoms with Gasteiger partial charge in [0.1, 0.15) is 0 Å². The first kappa shape index (κ1) is 18.5. The van der Waals surface area contributed by atoms with Crippen LogP contribution in [0.1, 0.15) is 0 Å². The molecule has 0 spiro atoms. The van der Waals surface area contributed by atoms with Crippen LogP contribution in [0.5, 0.6) is 0 Å². The summed E-state index contributed by atoms with van der Waals surface area (Å²) in [6.07, 6.45) is 0. The quantitative estimate of drug-likeness (QED) is 0.310. The van der Waals surface area contributed by atoms with E-state index in [1.54, 1.807) is 0 Å². The van der Waals surface area contributed by atoms with Crippen molar-refractivity contribution >= 4 is 33.2 Å². The molecular formula is C30H22N2. The highest BCUT2D eigenvalue weighted by Gasteiger charge is 2.15. The molecule has 1 N–H and O–H groups in total. The fourth-order valence-corrected chi connectivity index (χ4v) is 4.59. The van der Waals surface area contributed by atoms with Crippen LogP contribution < -0.4 is 5.32 Å². The Morgan fingerprint density at radius 2 is 1.09 bits per heavy atom. The van der Waals surface area contributed by atoms with E-state index in [1.807, 2.05) is 0 Å². The van der Waals surface area contributed by atoms with E-state index in [2.05, 4.69) is 137 Å². The van der Waals surface area contributed by atoms with E-state index >= 15 is 0 Å². The number of nitrogens with one attached hydrogen (secondary N) is 1. The number of anilines is 2. The minimum Gasteiger partial charge on any atom is -0.354 e. The fourth-order valence-electron chi connectivity index (χ4n) is 4.59. The summed E-state index contributed by atoms with van der Waals surface area (Å²) in [6, 6.07) is 44.8. The first-order valence-corrected chi connectivity index (χ1v) is 10.9. The second kappa shape index (κ2) is 7.75. The van der Waals surface area contributed by atoms with E-state index < -0.39 is 0 Å². The zero-order chi connectivity index (χ0) is 21.3. The minimum atomic E-state index is 1.10. The molecule has 2 heteroatoms. The molecule has 0 unspecified atom stereocenters. The lowest BCUT2D eigenvalue weighted by Crippen LogP contribution is -1.95. The molecule has 2 nitrogen and oxygen atoms in total. The van der Waals surface area contributed by atoms with E-state index in [0.717, 1.165) is 11.4 Å². The second-order valence-corrected chi connectivity index (χ2v) is 7.92. The summed E-state index contributed by atoms with van der Waals surface area (Å²) in [5, 5.41) is 6.23. The highest BCUT2D eigenvalue weighted by molar-refractivity contribution is 6.15. The van der Waals surface area contributed by atoms with Gasteiger partial charge in [0.2, 0.25) is 0 Å². The molecule has 6 rings (SSSR count). The zero-order valence-electron chi connectivity index (χ0n) is 17.6. The standard InChI is InChI=1S/C30H22N2/c1-3-12-22(13-4-1)24-16-7-9-18-26(24)31-27-19-11-21-29-30(27)25-17-8-10-20-28(25)32(29)23-14-5-2-6-15-23/h1-21,31H. The van der Waals surface area contributed by atoms with Gasteiger partial charge in [-0.1, -0.05) is 91.0 Å². The smallest absolute Gasteiger partial charge is 0.0562 e. The predicted molar refractivity (Wildman–Crippen MR) is 136 cm³/mol. The third-order valence-electron chi connectivity index (χ3n) is 5.99. The predicted octanol–water partition coefficient (Wildman–Crippen LogP) is 8.19. The largest absolute Gasteiger partial charge is 0.354 e. The van der Waals surface area contributed by atoms with Gasteiger partial charge in [0.25, 0.3) is 0 Å². The summed E-state index contributed by atoms with van der Waals surface area (Å²) in [7, 11) is 0. The van der Waals surface area contributed by atoms with Crippen LogP contribution in [0.4, 0.5) is 11.4 Å². The van der Waals surface area contributed by atoms with Crippen LogP contribution in [0, 0.1) is 0 Å². The number of para-hydroxylation sites is 3. The molecule has 32 heavy (non-hydrogen) atoms. The Labute approximate surface area is 187 Å². The van der Waals surface area contributed by atoms with Crippen LogP contribution in [0.3, 0.4) is 0 Å². The van der Waals surface area contributed by atoms with Crippen molar-refractivity contribution < 1.29 is 0 Å². The van der Waals surface area contributed by atoms with Gasteiger partial charge in [0, 0.05) is 33.4 Å². The molecule has 0 atom stereocenters. The molecule has 152 valence electrons. The number of hydrogen-bond donors (Lipinski definition) is 1. The van der Waals surface area contributed by atoms with Gasteiger partial charge in [0.05, 0.1) is 11.0 Å². The normalized spacial score (nSPS) is 11.1. The van der Waals surface area contributed by atoms with Crippen LogP contribution in [-0.2, 0) is 0 Å². The molecule has 0 bridgehead atoms. The van der Waals surface area contributed by atoms with Crippen LogP contribution in [0.2, 0.25) is 0 Å². The Hall–Kier alpha value is -4.30. The first-order valence-electron chi connectivity index (χ1n) is 10.9. The molecule has 0 radical (unpaired) electrons. The van der Waals surface area contributed by atoms with E-state index in [1.165, 1.54) is 38.6 Å². The van der Waals surface area contributed by atoms with E-state index in [9.17, 15) is 0 Å². The Bertz CT molecular complexity index is 1530. The van der Waals surface area contributed by atoms with E-state index in [4.69, 9.17) is 0 Å². The summed E-state index contributed by atoms with van der Waals surface area (Å²) in [5.41, 5.74) is 8.17. The minimum absolute atomic E-state index is 1.10. The van der Waals surface area contributed by atoms with Crippen molar-refractivity contribution in [2.24, 2.45) is 0 Å². The molecule has 0 aliphatic heterocycles. The van der Waals surface area contributed by atoms with Crippen molar-refractivity contribution in [1.29, 1.82) is 0 Å². The highest BCUT2D eigenvalue weighted by Crippen LogP contribution is 2.39. The van der Waals surface area contributed by atoms with Gasteiger partial charge in [-0.2, -0.15) is 0 Å². The fraction of sp³-hybridized carbons (Fsp3) is 0. The Kier molecular flexibility index (Phi) is 4.47. The molecule has 1 aromatic heterocycles. The highest BCUT2D eigenvalue weighted by atomic mass is 15.0. The van der Waals surface area contributed by atoms with Gasteiger partial charge >= 0.3 is 0 Å². The van der Waals surface area contributed by atoms with Crippen molar-refractivity contribution in [1.82, 2.24) is 4.57 Å². The zero-order valence-corrected chi connectivity index (χ0v) is 17.6. The average Bonchev–Trinajstić information content (AvgIpc) is 3.21. The van der Waals surface area contributed by atoms with Crippen LogP contribution in [0.15, 0.2) is 127 Å². The van der Waals surface area contributed by atoms with Crippen molar-refractivity contribution in [3.63, 3.8) is 0 Å². The van der Waals surface area contributed by atoms with E-state index in [-0.39, 0.29) is 0 Å². The summed E-state index contributed by atoms with van der Waals surface area (Å²) in [4.78, 5) is 0. The number of nitrogens with zero attached hydrogens (tertiary/aromatic N) is 1. The Morgan fingerprint density at radius 3 is 1.94 bits per heavy atom. The third kappa shape index (κ3) is 3.05. The maximum Gasteiger partial charge on any atom is 0.0562 e. The monoisotopic (exact) mass is 410 g/mol. The van der Waals surface area contributed by atoms with Gasteiger partial charge in [-0.3, -0.25) is 0 Å². The van der Waals surface area contributed by atoms with Gasteiger partial charge in [-0.25, -0.2) is 0 Å². The van der Waals surface area contributed by atoms with Crippen LogP contribution >= 0.6 is 0 Å². The van der Waals surface area contributed by atoms with Crippen molar-refractivity contribution in [3.8, 4) is 16.8 Å². The van der Waals surface area contributed by atoms with Gasteiger partial charge in [-0.15, -0.1) is 0 Å². The Balaban J connectivity index is 1.58. The Morgan fingerprint density at radius 1 is 0.469 bits per heavy atom. The molecule has 0 aliphatic rings. The van der Waals surface area contributed by atoms with Gasteiger partial charge < -0.3 is 9.88 Å². The lowest BCUT2D eigenvalue weighted by molar-refractivity contribution is 1.18. The van der Waals surface area contributed by atoms with Crippen LogP contribution in [0.25, 0.3) is 38.6 Å². The van der Waals surface area contributed by atoms with Gasteiger partial charge in [-0.05, 0) is 42.0 Å². The maximum atomic E-state index is 3.76. The van der Waals surface area contributed by atoms with Crippen molar-refractivity contribution in [3.05, 3.63) is 127 Å². The lowest BCUT2D eigenvalue weighted by Gasteiger charge is -2.14. The third-order valence-corrected chi connectivity index (χ3v) is 5.99. The number of aromatic nitrogens is 1. The molecule has 1 heterocycles. The van der Waals surface area contributed by atoms with Crippen molar-refractivity contribution in [2.45, 2.75) is 0 Å². The topological polar surface area (TPSA) is 17.0 Å². The summed E-state index contributed by atoms with van der Waals surface area (Å²) in [5.74, 6) is 0. The number of hydrogen-bond acceptors (Lipinski definition) is 1. The van der Waals surface area contributed by atoms with E-state index in [0.29, 0.717) is 0 Å². The van der Waals surface area contributed by atoms with Crippen LogP contribution in [-0.4, -0.2) is 4.57 Å². The first-order chi connectivity index (χ1) is 15.9. The average molecular weight is 411 g/mol. The number of rotatable bonds is 4. The molecule has 0 saturated heterocycles. The molecular weight excluding hydrogens is 388 g/mol. The SMILES string of the molecule is c1ccc(-c2ccccc2Nc2cccc3c2c2ccccc2n3-c2ccccc2)cc1. The molecule has 0 saturated carbocycles. The lowest BCUT2D eigenvalue weighted by atomic mass is 10.0. The summed E-state index contributed by atoms with van der Waals surface area (Å²) >= 11 is 0. The molecule has 0 fully saturated rings. The molecule has 0 amide bonds. The number of benzene rings is 5. The maximum absolute atomic E-state index is 3.76.